The van der Waals surface area contributed by atoms with E-state index in [1.807, 2.05) is 97.1 Å². The molecule has 55 heavy (non-hydrogen) atoms. The van der Waals surface area contributed by atoms with Crippen LogP contribution in [-0.4, -0.2) is 19.9 Å². The van der Waals surface area contributed by atoms with Gasteiger partial charge in [-0.25, -0.2) is 19.9 Å². The first-order valence-corrected chi connectivity index (χ1v) is 19.3. The summed E-state index contributed by atoms with van der Waals surface area (Å²) in [5.74, 6) is 0. The van der Waals surface area contributed by atoms with E-state index in [1.54, 1.807) is 0 Å². The Labute approximate surface area is 316 Å². The Balaban J connectivity index is 0.000000181. The van der Waals surface area contributed by atoms with Gasteiger partial charge in [-0.05, 0) is 48.5 Å². The van der Waals surface area contributed by atoms with Crippen molar-refractivity contribution in [3.8, 4) is 22.8 Å². The second kappa shape index (κ2) is 14.4. The van der Waals surface area contributed by atoms with E-state index in [0.29, 0.717) is 0 Å². The average Bonchev–Trinajstić information content (AvgIpc) is 3.08. The van der Waals surface area contributed by atoms with Crippen LogP contribution in [0, 0.1) is 0 Å². The molecule has 0 saturated heterocycles. The van der Waals surface area contributed by atoms with Crippen LogP contribution in [0.1, 0.15) is 0 Å². The summed E-state index contributed by atoms with van der Waals surface area (Å²) in [5, 5.41) is 4.60. The molecule has 0 N–H and O–H groups in total. The van der Waals surface area contributed by atoms with Gasteiger partial charge in [-0.3, -0.25) is 0 Å². The van der Waals surface area contributed by atoms with Gasteiger partial charge in [0.15, 0.2) is 0 Å². The molecule has 0 saturated carbocycles. The van der Waals surface area contributed by atoms with E-state index < -0.39 is 15.6 Å². The molecule has 8 rings (SSSR count). The molecule has 0 aliphatic heterocycles. The third kappa shape index (κ3) is 15.8. The number of aromatic nitrogens is 4. The standard InChI is InChI=1S/2C18H12N2.2F6P.Os/c2*1-3-7-15-13(5-1)9-11-17(19-15)18-12-10-14-6-2-4-8-16(14)20-18;2*1-7(2,3,4,5)6;/h2*1-12H;;;/q;;2*-1;+6. The number of rotatable bonds is 2. The van der Waals surface area contributed by atoms with Gasteiger partial charge < -0.3 is 0 Å². The molecule has 19 heteroatoms. The van der Waals surface area contributed by atoms with Crippen LogP contribution < -0.4 is 0 Å². The number of benzene rings is 4. The Kier molecular flexibility index (Phi) is 11.2. The van der Waals surface area contributed by atoms with E-state index in [9.17, 15) is 50.4 Å². The third-order valence-corrected chi connectivity index (χ3v) is 6.92. The number of pyridine rings is 4. The molecule has 0 radical (unpaired) electrons. The molecule has 286 valence electrons. The van der Waals surface area contributed by atoms with Crippen LogP contribution in [0.25, 0.3) is 66.4 Å². The predicted octanol–water partition coefficient (Wildman–Crippen LogP) is 15.7. The zero-order chi connectivity index (χ0) is 39.5. The van der Waals surface area contributed by atoms with Gasteiger partial charge in [0.1, 0.15) is 0 Å². The molecule has 0 unspecified atom stereocenters. The second-order valence-corrected chi connectivity index (χ2v) is 15.3. The zero-order valence-corrected chi connectivity index (χ0v) is 31.8. The van der Waals surface area contributed by atoms with Crippen molar-refractivity contribution in [2.24, 2.45) is 0 Å². The largest absolute Gasteiger partial charge is 6.00 e. The summed E-state index contributed by atoms with van der Waals surface area (Å²) in [6.45, 7) is 0. The number of para-hydroxylation sites is 4. The molecular weight excluding hydrogens is 969 g/mol. The van der Waals surface area contributed by atoms with Crippen molar-refractivity contribution in [1.82, 2.24) is 19.9 Å². The van der Waals surface area contributed by atoms with E-state index in [1.165, 1.54) is 0 Å². The van der Waals surface area contributed by atoms with Crippen molar-refractivity contribution < 1.29 is 70.2 Å². The summed E-state index contributed by atoms with van der Waals surface area (Å²) in [5.41, 5.74) is 7.65. The summed E-state index contributed by atoms with van der Waals surface area (Å²) >= 11 is 0. The molecule has 4 heterocycles. The monoisotopic (exact) mass is 994 g/mol. The van der Waals surface area contributed by atoms with Crippen LogP contribution in [0.2, 0.25) is 0 Å². The molecule has 0 spiro atoms. The maximum Gasteiger partial charge on any atom is 6.00 e. The van der Waals surface area contributed by atoms with Crippen molar-refractivity contribution in [2.75, 3.05) is 0 Å². The molecule has 4 aromatic heterocycles. The summed E-state index contributed by atoms with van der Waals surface area (Å²) in [7, 11) is -21.3. The molecule has 4 nitrogen and oxygen atoms in total. The first-order valence-electron chi connectivity index (χ1n) is 15.3. The van der Waals surface area contributed by atoms with E-state index in [0.717, 1.165) is 66.4 Å². The summed E-state index contributed by atoms with van der Waals surface area (Å²) in [6, 6.07) is 49.0. The van der Waals surface area contributed by atoms with Gasteiger partial charge in [0, 0.05) is 21.5 Å². The molecule has 0 aliphatic rings. The smallest absolute Gasteiger partial charge is 0.246 e. The van der Waals surface area contributed by atoms with Gasteiger partial charge in [0.25, 0.3) is 0 Å². The van der Waals surface area contributed by atoms with Gasteiger partial charge in [0.2, 0.25) is 0 Å². The van der Waals surface area contributed by atoms with Crippen LogP contribution in [-0.2, 0) is 19.8 Å². The quantitative estimate of drug-likeness (QED) is 0.128. The van der Waals surface area contributed by atoms with E-state index in [-0.39, 0.29) is 19.8 Å². The first-order chi connectivity index (χ1) is 24.7. The number of hydrogen-bond acceptors (Lipinski definition) is 4. The molecule has 4 aromatic carbocycles. The minimum atomic E-state index is -10.7. The molecule has 0 amide bonds. The fourth-order valence-corrected chi connectivity index (χ4v) is 4.83. The van der Waals surface area contributed by atoms with Gasteiger partial charge in [-0.15, -0.1) is 0 Å². The minimum Gasteiger partial charge on any atom is -0.246 e. The maximum atomic E-state index is 9.87. The number of fused-ring (bicyclic) bond motifs is 4. The zero-order valence-electron chi connectivity index (χ0n) is 27.4. The fraction of sp³-hybridized carbons (Fsp3) is 0. The van der Waals surface area contributed by atoms with Gasteiger partial charge in [-0.2, -0.15) is 0 Å². The number of halogens is 12. The number of hydrogen-bond donors (Lipinski definition) is 0. The van der Waals surface area contributed by atoms with Crippen LogP contribution in [0.4, 0.5) is 50.4 Å². The van der Waals surface area contributed by atoms with Crippen molar-refractivity contribution in [2.45, 2.75) is 0 Å². The van der Waals surface area contributed by atoms with Crippen LogP contribution in [0.15, 0.2) is 146 Å². The van der Waals surface area contributed by atoms with Crippen molar-refractivity contribution in [3.05, 3.63) is 146 Å². The predicted molar refractivity (Wildman–Crippen MR) is 192 cm³/mol. The van der Waals surface area contributed by atoms with Crippen LogP contribution >= 0.6 is 15.6 Å². The van der Waals surface area contributed by atoms with Crippen LogP contribution in [0.3, 0.4) is 0 Å². The Bertz CT molecular complexity index is 2270. The maximum absolute atomic E-state index is 10.7. The van der Waals surface area contributed by atoms with Crippen molar-refractivity contribution in [3.63, 3.8) is 0 Å². The Morgan fingerprint density at radius 1 is 0.255 bits per heavy atom. The minimum absolute atomic E-state index is 0. The summed E-state index contributed by atoms with van der Waals surface area (Å²) in [6.07, 6.45) is 0. The molecule has 0 bridgehead atoms. The molecule has 8 aromatic rings. The van der Waals surface area contributed by atoms with Gasteiger partial charge in [0.05, 0.1) is 44.8 Å². The Morgan fingerprint density at radius 2 is 0.418 bits per heavy atom. The molecule has 0 atom stereocenters. The topological polar surface area (TPSA) is 51.6 Å². The Morgan fingerprint density at radius 3 is 0.600 bits per heavy atom. The second-order valence-electron chi connectivity index (χ2n) is 11.5. The average molecular weight is 993 g/mol. The Hall–Kier alpha value is -4.82. The van der Waals surface area contributed by atoms with Gasteiger partial charge >= 0.3 is 85.8 Å². The molecule has 0 fully saturated rings. The van der Waals surface area contributed by atoms with Gasteiger partial charge in [-0.1, -0.05) is 97.1 Å². The summed E-state index contributed by atoms with van der Waals surface area (Å²) < 4.78 is 118. The fourth-order valence-electron chi connectivity index (χ4n) is 4.83. The molecule has 0 aliphatic carbocycles. The van der Waals surface area contributed by atoms with E-state index in [4.69, 9.17) is 0 Å². The van der Waals surface area contributed by atoms with E-state index >= 15 is 0 Å². The van der Waals surface area contributed by atoms with Crippen molar-refractivity contribution >= 4 is 59.2 Å². The van der Waals surface area contributed by atoms with E-state index in [2.05, 4.69) is 68.5 Å². The van der Waals surface area contributed by atoms with Crippen LogP contribution in [0.5, 0.6) is 0 Å². The number of nitrogens with zero attached hydrogens (tertiary/aromatic N) is 4. The first kappa shape index (κ1) is 42.9. The SMILES string of the molecule is F[P-](F)(F)(F)(F)F.F[P-](F)(F)(F)(F)F.[Os+6].c1ccc2nc(-c3ccc4ccccc4n3)ccc2c1.c1ccc2nc(-c3ccc4ccccc4n3)ccc2c1. The summed E-state index contributed by atoms with van der Waals surface area (Å²) in [4.78, 5) is 18.8. The van der Waals surface area contributed by atoms with Crippen molar-refractivity contribution in [1.29, 1.82) is 0 Å². The molecular formula is C36H24F12N4OsP2+4. The normalized spacial score (nSPS) is 13.9. The third-order valence-electron chi connectivity index (χ3n) is 6.92.